The molecular formula is C18H24O3. The highest BCUT2D eigenvalue weighted by Crippen LogP contribution is 2.43. The first kappa shape index (κ1) is 14.6. The van der Waals surface area contributed by atoms with Gasteiger partial charge in [-0.1, -0.05) is 25.0 Å². The molecule has 1 aromatic rings. The summed E-state index contributed by atoms with van der Waals surface area (Å²) in [5, 5.41) is 0. The van der Waals surface area contributed by atoms with Crippen LogP contribution in [0.4, 0.5) is 0 Å². The summed E-state index contributed by atoms with van der Waals surface area (Å²) in [6, 6.07) is 7.81. The number of hydrogen-bond donors (Lipinski definition) is 0. The smallest absolute Gasteiger partial charge is 0.134 e. The standard InChI is InChI=1S/C18H24O3/c1-14(19)12-15-4-6-16(7-5-15)20-13-17-8-11-18(21-17)9-2-3-10-18/h4-7,17H,2-3,8-13H2,1H3. The van der Waals surface area contributed by atoms with Crippen LogP contribution in [-0.2, 0) is 16.0 Å². The number of hydrogen-bond acceptors (Lipinski definition) is 3. The van der Waals surface area contributed by atoms with Crippen LogP contribution in [0.25, 0.3) is 0 Å². The van der Waals surface area contributed by atoms with Crippen LogP contribution in [0.3, 0.4) is 0 Å². The Morgan fingerprint density at radius 2 is 1.95 bits per heavy atom. The van der Waals surface area contributed by atoms with Crippen molar-refractivity contribution in [2.75, 3.05) is 6.61 Å². The third-order valence-corrected chi connectivity index (χ3v) is 4.67. The van der Waals surface area contributed by atoms with Crippen LogP contribution in [0.2, 0.25) is 0 Å². The Hall–Kier alpha value is -1.35. The lowest BCUT2D eigenvalue weighted by Gasteiger charge is -2.23. The number of Topliss-reactive ketones (excluding diaryl/α,β-unsaturated/α-hetero) is 1. The molecule has 114 valence electrons. The summed E-state index contributed by atoms with van der Waals surface area (Å²) in [7, 11) is 0. The molecule has 21 heavy (non-hydrogen) atoms. The fourth-order valence-corrected chi connectivity index (χ4v) is 3.58. The molecule has 0 amide bonds. The van der Waals surface area contributed by atoms with Gasteiger partial charge in [0.15, 0.2) is 0 Å². The van der Waals surface area contributed by atoms with Crippen molar-refractivity contribution in [1.29, 1.82) is 0 Å². The number of rotatable bonds is 5. The zero-order valence-electron chi connectivity index (χ0n) is 12.8. The predicted molar refractivity (Wildman–Crippen MR) is 81.6 cm³/mol. The molecule has 1 unspecified atom stereocenters. The molecule has 3 heteroatoms. The summed E-state index contributed by atoms with van der Waals surface area (Å²) in [5.41, 5.74) is 1.22. The fourth-order valence-electron chi connectivity index (χ4n) is 3.58. The van der Waals surface area contributed by atoms with Gasteiger partial charge in [0.2, 0.25) is 0 Å². The van der Waals surface area contributed by atoms with E-state index < -0.39 is 0 Å². The molecular weight excluding hydrogens is 264 g/mol. The molecule has 2 aliphatic rings. The average Bonchev–Trinajstić information content (AvgIpc) is 3.08. The minimum atomic E-state index is 0.180. The number of carbonyl (C=O) groups is 1. The van der Waals surface area contributed by atoms with Crippen LogP contribution in [-0.4, -0.2) is 24.1 Å². The van der Waals surface area contributed by atoms with Crippen molar-refractivity contribution in [3.63, 3.8) is 0 Å². The van der Waals surface area contributed by atoms with Crippen LogP contribution < -0.4 is 4.74 Å². The Balaban J connectivity index is 1.48. The van der Waals surface area contributed by atoms with Crippen LogP contribution in [0.1, 0.15) is 51.0 Å². The van der Waals surface area contributed by atoms with Gasteiger partial charge in [-0.15, -0.1) is 0 Å². The summed E-state index contributed by atoms with van der Waals surface area (Å²) >= 11 is 0. The van der Waals surface area contributed by atoms with E-state index in [1.165, 1.54) is 32.1 Å². The Labute approximate surface area is 126 Å². The molecule has 1 aliphatic carbocycles. The van der Waals surface area contributed by atoms with Gasteiger partial charge in [-0.25, -0.2) is 0 Å². The first-order valence-corrected chi connectivity index (χ1v) is 8.04. The largest absolute Gasteiger partial charge is 0.491 e. The second-order valence-electron chi connectivity index (χ2n) is 6.50. The lowest BCUT2D eigenvalue weighted by atomic mass is 9.98. The molecule has 1 aromatic carbocycles. The third-order valence-electron chi connectivity index (χ3n) is 4.67. The van der Waals surface area contributed by atoms with Crippen LogP contribution in [0.15, 0.2) is 24.3 Å². The van der Waals surface area contributed by atoms with Crippen molar-refractivity contribution in [3.8, 4) is 5.75 Å². The molecule has 1 saturated heterocycles. The fraction of sp³-hybridized carbons (Fsp3) is 0.611. The number of carbonyl (C=O) groups excluding carboxylic acids is 1. The Bertz CT molecular complexity index is 486. The SMILES string of the molecule is CC(=O)Cc1ccc(OCC2CCC3(CCCC3)O2)cc1. The van der Waals surface area contributed by atoms with Gasteiger partial charge in [0.1, 0.15) is 18.1 Å². The predicted octanol–water partition coefficient (Wildman–Crippen LogP) is 3.69. The van der Waals surface area contributed by atoms with E-state index in [1.54, 1.807) is 6.92 Å². The third kappa shape index (κ3) is 3.65. The van der Waals surface area contributed by atoms with Crippen LogP contribution in [0.5, 0.6) is 5.75 Å². The van der Waals surface area contributed by atoms with Gasteiger partial charge in [-0.2, -0.15) is 0 Å². The van der Waals surface area contributed by atoms with Gasteiger partial charge in [0.25, 0.3) is 0 Å². The highest BCUT2D eigenvalue weighted by molar-refractivity contribution is 5.78. The first-order valence-electron chi connectivity index (χ1n) is 8.04. The molecule has 0 N–H and O–H groups in total. The molecule has 0 bridgehead atoms. The summed E-state index contributed by atoms with van der Waals surface area (Å²) in [6.07, 6.45) is 8.11. The maximum Gasteiger partial charge on any atom is 0.134 e. The summed E-state index contributed by atoms with van der Waals surface area (Å²) in [5.74, 6) is 1.04. The van der Waals surface area contributed by atoms with Gasteiger partial charge >= 0.3 is 0 Å². The Kier molecular flexibility index (Phi) is 4.29. The van der Waals surface area contributed by atoms with Crippen molar-refractivity contribution >= 4 is 5.78 Å². The lowest BCUT2D eigenvalue weighted by molar-refractivity contribution is -0.116. The molecule has 3 nitrogen and oxygen atoms in total. The second kappa shape index (κ2) is 6.18. The van der Waals surface area contributed by atoms with E-state index in [0.29, 0.717) is 13.0 Å². The summed E-state index contributed by atoms with van der Waals surface area (Å²) < 4.78 is 12.1. The van der Waals surface area contributed by atoms with Gasteiger partial charge in [0.05, 0.1) is 11.7 Å². The normalized spacial score (nSPS) is 23.6. The average molecular weight is 288 g/mol. The van der Waals surface area contributed by atoms with E-state index in [0.717, 1.165) is 17.7 Å². The molecule has 3 rings (SSSR count). The highest BCUT2D eigenvalue weighted by Gasteiger charge is 2.42. The topological polar surface area (TPSA) is 35.5 Å². The van der Waals surface area contributed by atoms with E-state index in [2.05, 4.69) is 0 Å². The van der Waals surface area contributed by atoms with E-state index in [9.17, 15) is 4.79 Å². The first-order chi connectivity index (χ1) is 10.2. The van der Waals surface area contributed by atoms with Crippen molar-refractivity contribution in [2.45, 2.75) is 63.6 Å². The minimum absolute atomic E-state index is 0.180. The zero-order valence-corrected chi connectivity index (χ0v) is 12.8. The van der Waals surface area contributed by atoms with Gasteiger partial charge in [-0.3, -0.25) is 4.79 Å². The molecule has 1 heterocycles. The number of ketones is 1. The highest BCUT2D eigenvalue weighted by atomic mass is 16.6. The van der Waals surface area contributed by atoms with Crippen LogP contribution in [0, 0.1) is 0 Å². The van der Waals surface area contributed by atoms with E-state index in [4.69, 9.17) is 9.47 Å². The van der Waals surface area contributed by atoms with Gasteiger partial charge in [-0.05, 0) is 50.3 Å². The molecule has 2 fully saturated rings. The zero-order chi connectivity index (χ0) is 14.7. The summed E-state index contributed by atoms with van der Waals surface area (Å²) in [4.78, 5) is 11.1. The molecule has 1 atom stereocenters. The number of ether oxygens (including phenoxy) is 2. The van der Waals surface area contributed by atoms with Crippen LogP contribution >= 0.6 is 0 Å². The molecule has 1 spiro atoms. The number of benzene rings is 1. The van der Waals surface area contributed by atoms with Crippen molar-refractivity contribution in [2.24, 2.45) is 0 Å². The van der Waals surface area contributed by atoms with Crippen molar-refractivity contribution in [1.82, 2.24) is 0 Å². The van der Waals surface area contributed by atoms with Gasteiger partial charge < -0.3 is 9.47 Å². The van der Waals surface area contributed by atoms with E-state index in [1.807, 2.05) is 24.3 Å². The van der Waals surface area contributed by atoms with E-state index in [-0.39, 0.29) is 17.5 Å². The second-order valence-corrected chi connectivity index (χ2v) is 6.50. The monoisotopic (exact) mass is 288 g/mol. The lowest BCUT2D eigenvalue weighted by Crippen LogP contribution is -2.27. The maximum absolute atomic E-state index is 11.1. The van der Waals surface area contributed by atoms with Crippen molar-refractivity contribution in [3.05, 3.63) is 29.8 Å². The molecule has 1 saturated carbocycles. The molecule has 1 aliphatic heterocycles. The Morgan fingerprint density at radius 3 is 2.62 bits per heavy atom. The molecule has 0 radical (unpaired) electrons. The van der Waals surface area contributed by atoms with Crippen molar-refractivity contribution < 1.29 is 14.3 Å². The minimum Gasteiger partial charge on any atom is -0.491 e. The van der Waals surface area contributed by atoms with Gasteiger partial charge in [0, 0.05) is 6.42 Å². The summed E-state index contributed by atoms with van der Waals surface area (Å²) in [6.45, 7) is 2.24. The Morgan fingerprint density at radius 1 is 1.24 bits per heavy atom. The quantitative estimate of drug-likeness (QED) is 0.829. The maximum atomic E-state index is 11.1. The molecule has 0 aromatic heterocycles. The van der Waals surface area contributed by atoms with E-state index >= 15 is 0 Å².